The first-order valence-corrected chi connectivity index (χ1v) is 12.2. The minimum atomic E-state index is -1.93. The lowest BCUT2D eigenvalue weighted by Crippen LogP contribution is -2.61. The lowest BCUT2D eigenvalue weighted by atomic mass is 9.60. The highest BCUT2D eigenvalue weighted by Gasteiger charge is 2.83. The fraction of sp³-hybridized carbons (Fsp3) is 0.692. The van der Waals surface area contributed by atoms with E-state index in [9.17, 15) is 29.4 Å². The van der Waals surface area contributed by atoms with Crippen LogP contribution in [-0.4, -0.2) is 68.5 Å². The van der Waals surface area contributed by atoms with Crippen LogP contribution < -0.4 is 5.73 Å². The summed E-state index contributed by atoms with van der Waals surface area (Å²) in [5.41, 5.74) is 1.43. The zero-order valence-corrected chi connectivity index (χ0v) is 21.2. The Labute approximate surface area is 209 Å². The Balaban J connectivity index is 1.74. The van der Waals surface area contributed by atoms with Gasteiger partial charge in [-0.15, -0.1) is 0 Å². The summed E-state index contributed by atoms with van der Waals surface area (Å²) in [5, 5.41) is 33.0. The van der Waals surface area contributed by atoms with Gasteiger partial charge in [0.25, 0.3) is 0 Å². The summed E-state index contributed by atoms with van der Waals surface area (Å²) in [4.78, 5) is 48.4. The van der Waals surface area contributed by atoms with Crippen LogP contribution in [0.15, 0.2) is 23.3 Å². The number of carbonyl (C=O) groups excluding carboxylic acids is 3. The number of carboxylic acids is 1. The van der Waals surface area contributed by atoms with Gasteiger partial charge in [-0.3, -0.25) is 19.2 Å². The second kappa shape index (κ2) is 8.22. The zero-order valence-electron chi connectivity index (χ0n) is 21.2. The summed E-state index contributed by atoms with van der Waals surface area (Å²) in [5.74, 6) is -5.35. The SMILES string of the molecule is CC(=O)O[C@@]12C[C@@H](C)[C@@]3(O)[C@@H](C=C(COC(=O)CC(N)C(=O)O)C[C@]4(O)C(=O)C(C)=C[C@@H]34)[C@@H]1C2(C)C. The summed E-state index contributed by atoms with van der Waals surface area (Å²) in [6.07, 6.45) is 3.06. The van der Waals surface area contributed by atoms with Crippen LogP contribution >= 0.6 is 0 Å². The molecule has 2 fully saturated rings. The van der Waals surface area contributed by atoms with E-state index in [2.05, 4.69) is 0 Å². The monoisotopic (exact) mass is 505 g/mol. The van der Waals surface area contributed by atoms with Gasteiger partial charge in [-0.25, -0.2) is 0 Å². The van der Waals surface area contributed by atoms with Crippen LogP contribution in [0, 0.1) is 29.1 Å². The van der Waals surface area contributed by atoms with Crippen LogP contribution in [0.1, 0.15) is 53.9 Å². The fourth-order valence-corrected chi connectivity index (χ4v) is 7.34. The summed E-state index contributed by atoms with van der Waals surface area (Å²) in [6, 6.07) is -1.42. The molecule has 5 N–H and O–H groups in total. The lowest BCUT2D eigenvalue weighted by Gasteiger charge is -2.50. The van der Waals surface area contributed by atoms with Gasteiger partial charge < -0.3 is 30.5 Å². The molecule has 0 spiro atoms. The normalized spacial score (nSPS) is 40.9. The molecule has 0 radical (unpaired) electrons. The molecule has 0 aliphatic heterocycles. The molecular weight excluding hydrogens is 470 g/mol. The van der Waals surface area contributed by atoms with E-state index in [1.54, 1.807) is 19.1 Å². The maximum absolute atomic E-state index is 13.2. The molecule has 1 unspecified atom stereocenters. The third-order valence-corrected chi connectivity index (χ3v) is 9.12. The molecule has 0 bridgehead atoms. The van der Waals surface area contributed by atoms with E-state index in [1.807, 2.05) is 20.8 Å². The van der Waals surface area contributed by atoms with Gasteiger partial charge in [0.15, 0.2) is 5.78 Å². The first-order chi connectivity index (χ1) is 16.5. The fourth-order valence-electron chi connectivity index (χ4n) is 7.34. The average molecular weight is 506 g/mol. The zero-order chi connectivity index (χ0) is 27.0. The van der Waals surface area contributed by atoms with Crippen LogP contribution in [-0.2, 0) is 28.7 Å². The van der Waals surface area contributed by atoms with Gasteiger partial charge in [-0.2, -0.15) is 0 Å². The van der Waals surface area contributed by atoms with Crippen LogP contribution in [0.3, 0.4) is 0 Å². The second-order valence-electron chi connectivity index (χ2n) is 11.6. The van der Waals surface area contributed by atoms with E-state index >= 15 is 0 Å². The molecule has 8 atom stereocenters. The Morgan fingerprint density at radius 1 is 1.22 bits per heavy atom. The molecule has 0 aromatic rings. The number of aliphatic carboxylic acids is 1. The molecule has 0 aromatic carbocycles. The summed E-state index contributed by atoms with van der Waals surface area (Å²) >= 11 is 0. The Morgan fingerprint density at radius 2 is 1.86 bits per heavy atom. The maximum Gasteiger partial charge on any atom is 0.321 e. The molecule has 0 aromatic heterocycles. The molecule has 198 valence electrons. The highest BCUT2D eigenvalue weighted by molar-refractivity contribution is 6.04. The number of aliphatic hydroxyl groups is 2. The van der Waals surface area contributed by atoms with Crippen molar-refractivity contribution in [2.24, 2.45) is 34.8 Å². The van der Waals surface area contributed by atoms with Crippen molar-refractivity contribution in [2.75, 3.05) is 6.61 Å². The van der Waals surface area contributed by atoms with Crippen molar-refractivity contribution in [1.29, 1.82) is 0 Å². The number of hydrogen-bond acceptors (Lipinski definition) is 9. The number of ether oxygens (including phenoxy) is 2. The van der Waals surface area contributed by atoms with E-state index in [0.717, 1.165) is 0 Å². The van der Waals surface area contributed by atoms with Crippen LogP contribution in [0.5, 0.6) is 0 Å². The van der Waals surface area contributed by atoms with Gasteiger partial charge in [-0.1, -0.05) is 32.9 Å². The van der Waals surface area contributed by atoms with Crippen LogP contribution in [0.4, 0.5) is 0 Å². The number of ketones is 1. The molecular formula is C26H35NO9. The molecule has 10 nitrogen and oxygen atoms in total. The van der Waals surface area contributed by atoms with E-state index in [1.165, 1.54) is 6.92 Å². The second-order valence-corrected chi connectivity index (χ2v) is 11.6. The molecule has 2 saturated carbocycles. The number of esters is 2. The van der Waals surface area contributed by atoms with Gasteiger partial charge >= 0.3 is 17.9 Å². The summed E-state index contributed by atoms with van der Waals surface area (Å²) in [6.45, 7) is 8.42. The average Bonchev–Trinajstić information content (AvgIpc) is 3.16. The maximum atomic E-state index is 13.2. The summed E-state index contributed by atoms with van der Waals surface area (Å²) < 4.78 is 11.2. The standard InChI is InChI=1S/C26H35NO9/c1-12-6-18-24(33,21(12)30)10-15(11-35-19(29)8-17(27)22(31)32)7-16-20-23(4,5)25(20,36-14(3)28)9-13(2)26(16,18)34/h6-7,13,16-18,20,33-34H,8-11,27H2,1-5H3,(H,31,32)/t13-,16+,17?,18-,20-,24-,25+,26-/m1/s1. The van der Waals surface area contributed by atoms with Crippen molar-refractivity contribution in [3.8, 4) is 0 Å². The number of fused-ring (bicyclic) bond motifs is 5. The number of Topliss-reactive ketones (excluding diaryl/α,β-unsaturated/α-hetero) is 1. The molecule has 10 heteroatoms. The molecule has 36 heavy (non-hydrogen) atoms. The van der Waals surface area contributed by atoms with Crippen LogP contribution in [0.25, 0.3) is 0 Å². The molecule has 0 amide bonds. The number of hydrogen-bond donors (Lipinski definition) is 4. The molecule has 4 aliphatic carbocycles. The topological polar surface area (TPSA) is 173 Å². The Hall–Kier alpha value is -2.56. The third-order valence-electron chi connectivity index (χ3n) is 9.12. The van der Waals surface area contributed by atoms with Gasteiger partial charge in [0, 0.05) is 36.5 Å². The number of carbonyl (C=O) groups is 4. The van der Waals surface area contributed by atoms with Crippen molar-refractivity contribution in [3.05, 3.63) is 23.3 Å². The largest absolute Gasteiger partial charge is 0.480 e. The Kier molecular flexibility index (Phi) is 6.05. The third kappa shape index (κ3) is 3.56. The Morgan fingerprint density at radius 3 is 2.44 bits per heavy atom. The highest BCUT2D eigenvalue weighted by atomic mass is 16.6. The van der Waals surface area contributed by atoms with E-state index in [-0.39, 0.29) is 18.9 Å². The van der Waals surface area contributed by atoms with Crippen molar-refractivity contribution in [2.45, 2.75) is 76.7 Å². The number of rotatable bonds is 6. The highest BCUT2D eigenvalue weighted by Crippen LogP contribution is 2.76. The molecule has 0 saturated heterocycles. The van der Waals surface area contributed by atoms with Gasteiger partial charge in [0.2, 0.25) is 0 Å². The first kappa shape index (κ1) is 26.5. The predicted molar refractivity (Wildman–Crippen MR) is 125 cm³/mol. The quantitative estimate of drug-likeness (QED) is 0.300. The lowest BCUT2D eigenvalue weighted by molar-refractivity contribution is -0.186. The van der Waals surface area contributed by atoms with Crippen molar-refractivity contribution < 1.29 is 44.0 Å². The van der Waals surface area contributed by atoms with Crippen LogP contribution in [0.2, 0.25) is 0 Å². The van der Waals surface area contributed by atoms with Crippen molar-refractivity contribution >= 4 is 23.7 Å². The minimum Gasteiger partial charge on any atom is -0.480 e. The van der Waals surface area contributed by atoms with E-state index in [0.29, 0.717) is 17.6 Å². The van der Waals surface area contributed by atoms with E-state index < -0.39 is 76.1 Å². The van der Waals surface area contributed by atoms with Crippen molar-refractivity contribution in [1.82, 2.24) is 0 Å². The predicted octanol–water partition coefficient (Wildman–Crippen LogP) is 0.883. The smallest absolute Gasteiger partial charge is 0.321 e. The number of nitrogens with two attached hydrogens (primary N) is 1. The molecule has 4 aliphatic rings. The van der Waals surface area contributed by atoms with Crippen molar-refractivity contribution in [3.63, 3.8) is 0 Å². The number of carboxylic acid groups (broad SMARTS) is 1. The van der Waals surface area contributed by atoms with Gasteiger partial charge in [-0.05, 0) is 30.4 Å². The van der Waals surface area contributed by atoms with E-state index in [4.69, 9.17) is 20.3 Å². The minimum absolute atomic E-state index is 0.165. The van der Waals surface area contributed by atoms with Gasteiger partial charge in [0.05, 0.1) is 12.0 Å². The van der Waals surface area contributed by atoms with Gasteiger partial charge in [0.1, 0.15) is 23.9 Å². The molecule has 0 heterocycles. The first-order valence-electron chi connectivity index (χ1n) is 12.2. The Bertz CT molecular complexity index is 1090. The summed E-state index contributed by atoms with van der Waals surface area (Å²) in [7, 11) is 0. The molecule has 4 rings (SSSR count).